The Kier molecular flexibility index (Phi) is 4.21. The van der Waals surface area contributed by atoms with E-state index in [9.17, 15) is 4.79 Å². The van der Waals surface area contributed by atoms with Gasteiger partial charge in [0.1, 0.15) is 5.82 Å². The van der Waals surface area contributed by atoms with E-state index < -0.39 is 0 Å². The van der Waals surface area contributed by atoms with Crippen molar-refractivity contribution in [2.24, 2.45) is 0 Å². The second kappa shape index (κ2) is 6.52. The fourth-order valence-corrected chi connectivity index (χ4v) is 3.69. The maximum absolute atomic E-state index is 12.6. The van der Waals surface area contributed by atoms with Gasteiger partial charge in [0.2, 0.25) is 0 Å². The highest BCUT2D eigenvalue weighted by Gasteiger charge is 2.22. The molecule has 1 saturated heterocycles. The van der Waals surface area contributed by atoms with Crippen molar-refractivity contribution in [1.82, 2.24) is 14.9 Å². The summed E-state index contributed by atoms with van der Waals surface area (Å²) in [5.74, 6) is 1.03. The van der Waals surface area contributed by atoms with E-state index in [1.54, 1.807) is 0 Å². The van der Waals surface area contributed by atoms with Crippen LogP contribution in [0.15, 0.2) is 46.9 Å². The van der Waals surface area contributed by atoms with Crippen molar-refractivity contribution < 1.29 is 4.79 Å². The topological polar surface area (TPSA) is 52.2 Å². The Hall–Kier alpha value is -2.34. The van der Waals surface area contributed by atoms with Crippen LogP contribution in [0.5, 0.6) is 0 Å². The van der Waals surface area contributed by atoms with Gasteiger partial charge in [0.25, 0.3) is 5.91 Å². The number of benzene rings is 2. The third-order valence-electron chi connectivity index (χ3n) is 4.59. The lowest BCUT2D eigenvalue weighted by molar-refractivity contribution is 0.0746. The third kappa shape index (κ3) is 3.26. The number of carbonyl (C=O) groups excluding carboxylic acids is 1. The molecule has 2 aromatic carbocycles. The van der Waals surface area contributed by atoms with E-state index in [0.717, 1.165) is 53.1 Å². The average molecular weight is 399 g/mol. The van der Waals surface area contributed by atoms with Crippen molar-refractivity contribution >= 4 is 38.6 Å². The first kappa shape index (κ1) is 16.1. The molecule has 2 heterocycles. The van der Waals surface area contributed by atoms with E-state index in [0.29, 0.717) is 0 Å². The van der Waals surface area contributed by atoms with E-state index in [-0.39, 0.29) is 5.91 Å². The predicted octanol–water partition coefficient (Wildman–Crippen LogP) is 3.60. The van der Waals surface area contributed by atoms with Crippen LogP contribution in [0.1, 0.15) is 16.2 Å². The quantitative estimate of drug-likeness (QED) is 0.717. The summed E-state index contributed by atoms with van der Waals surface area (Å²) >= 11 is 3.43. The maximum atomic E-state index is 12.6. The number of fused-ring (bicyclic) bond motifs is 1. The lowest BCUT2D eigenvalue weighted by Gasteiger charge is -2.36. The highest BCUT2D eigenvalue weighted by Crippen LogP contribution is 2.22. The van der Waals surface area contributed by atoms with Gasteiger partial charge in [-0.3, -0.25) is 4.79 Å². The number of aromatic nitrogens is 2. The van der Waals surface area contributed by atoms with Crippen molar-refractivity contribution in [3.05, 3.63) is 58.3 Å². The van der Waals surface area contributed by atoms with Crippen molar-refractivity contribution in [1.29, 1.82) is 0 Å². The number of amides is 1. The Balaban J connectivity index is 1.46. The number of anilines is 1. The smallest absolute Gasteiger partial charge is 0.254 e. The molecule has 128 valence electrons. The van der Waals surface area contributed by atoms with Gasteiger partial charge in [-0.1, -0.05) is 22.0 Å². The fraction of sp³-hybridized carbons (Fsp3) is 0.263. The summed E-state index contributed by atoms with van der Waals surface area (Å²) in [6.07, 6.45) is 0. The van der Waals surface area contributed by atoms with Crippen LogP contribution in [0.25, 0.3) is 11.0 Å². The molecule has 1 fully saturated rings. The van der Waals surface area contributed by atoms with Crippen LogP contribution < -0.4 is 4.90 Å². The predicted molar refractivity (Wildman–Crippen MR) is 103 cm³/mol. The maximum Gasteiger partial charge on any atom is 0.254 e. The molecule has 0 aliphatic carbocycles. The summed E-state index contributed by atoms with van der Waals surface area (Å²) in [7, 11) is 0. The van der Waals surface area contributed by atoms with Gasteiger partial charge in [0.05, 0.1) is 11.0 Å². The third-order valence-corrected chi connectivity index (χ3v) is 5.08. The molecule has 0 spiro atoms. The molecule has 0 saturated carbocycles. The standard InChI is InChI=1S/C19H19BrN4O/c1-13-21-17-6-5-16(12-18(17)22-13)23-7-9-24(10-8-23)19(25)14-3-2-4-15(20)11-14/h2-6,11-12H,7-10H2,1H3,(H,21,22). The molecule has 6 heteroatoms. The lowest BCUT2D eigenvalue weighted by atomic mass is 10.1. The summed E-state index contributed by atoms with van der Waals surface area (Å²) in [6.45, 7) is 5.08. The van der Waals surface area contributed by atoms with Crippen molar-refractivity contribution in [2.75, 3.05) is 31.1 Å². The number of imidazole rings is 1. The molecule has 5 nitrogen and oxygen atoms in total. The minimum absolute atomic E-state index is 0.0978. The molecule has 1 aromatic heterocycles. The largest absolute Gasteiger partial charge is 0.368 e. The molecule has 0 atom stereocenters. The zero-order chi connectivity index (χ0) is 17.4. The first-order valence-corrected chi connectivity index (χ1v) is 9.15. The molecule has 0 unspecified atom stereocenters. The molecule has 25 heavy (non-hydrogen) atoms. The van der Waals surface area contributed by atoms with Crippen molar-refractivity contribution in [3.8, 4) is 0 Å². The Labute approximate surface area is 154 Å². The molecular weight excluding hydrogens is 380 g/mol. The van der Waals surface area contributed by atoms with Gasteiger partial charge in [0.15, 0.2) is 0 Å². The van der Waals surface area contributed by atoms with Crippen LogP contribution >= 0.6 is 15.9 Å². The molecular formula is C19H19BrN4O. The Morgan fingerprint density at radius 1 is 1.12 bits per heavy atom. The average Bonchev–Trinajstić information content (AvgIpc) is 3.00. The number of carbonyl (C=O) groups is 1. The second-order valence-corrected chi connectivity index (χ2v) is 7.23. The van der Waals surface area contributed by atoms with Crippen molar-refractivity contribution in [3.63, 3.8) is 0 Å². The first-order chi connectivity index (χ1) is 12.1. The Morgan fingerprint density at radius 2 is 1.92 bits per heavy atom. The van der Waals surface area contributed by atoms with Crippen LogP contribution in [0.2, 0.25) is 0 Å². The molecule has 1 aliphatic rings. The lowest BCUT2D eigenvalue weighted by Crippen LogP contribution is -2.48. The molecule has 1 N–H and O–H groups in total. The van der Waals surface area contributed by atoms with E-state index in [1.807, 2.05) is 42.2 Å². The first-order valence-electron chi connectivity index (χ1n) is 8.36. The molecule has 1 aliphatic heterocycles. The van der Waals surface area contributed by atoms with E-state index in [4.69, 9.17) is 0 Å². The van der Waals surface area contributed by atoms with Gasteiger partial charge in [-0.15, -0.1) is 0 Å². The monoisotopic (exact) mass is 398 g/mol. The van der Waals surface area contributed by atoms with Crippen LogP contribution in [-0.2, 0) is 0 Å². The van der Waals surface area contributed by atoms with Gasteiger partial charge in [0, 0.05) is 41.9 Å². The SMILES string of the molecule is Cc1nc2ccc(N3CCN(C(=O)c4cccc(Br)c4)CC3)cc2[nH]1. The number of nitrogens with zero attached hydrogens (tertiary/aromatic N) is 3. The number of hydrogen-bond donors (Lipinski definition) is 1. The van der Waals surface area contributed by atoms with Crippen LogP contribution in [0, 0.1) is 6.92 Å². The number of piperazine rings is 1. The number of H-pyrrole nitrogens is 1. The zero-order valence-electron chi connectivity index (χ0n) is 14.0. The minimum atomic E-state index is 0.0978. The highest BCUT2D eigenvalue weighted by atomic mass is 79.9. The molecule has 4 rings (SSSR count). The number of aromatic amines is 1. The Morgan fingerprint density at radius 3 is 2.68 bits per heavy atom. The van der Waals surface area contributed by atoms with Gasteiger partial charge >= 0.3 is 0 Å². The molecule has 3 aromatic rings. The van der Waals surface area contributed by atoms with Crippen molar-refractivity contribution in [2.45, 2.75) is 6.92 Å². The molecule has 0 bridgehead atoms. The summed E-state index contributed by atoms with van der Waals surface area (Å²) in [4.78, 5) is 24.6. The minimum Gasteiger partial charge on any atom is -0.368 e. The fourth-order valence-electron chi connectivity index (χ4n) is 3.29. The van der Waals surface area contributed by atoms with Crippen LogP contribution in [-0.4, -0.2) is 47.0 Å². The van der Waals surface area contributed by atoms with E-state index in [1.165, 1.54) is 5.69 Å². The number of rotatable bonds is 2. The van der Waals surface area contributed by atoms with Gasteiger partial charge in [-0.05, 0) is 43.3 Å². The number of halogens is 1. The van der Waals surface area contributed by atoms with Crippen LogP contribution in [0.3, 0.4) is 0 Å². The summed E-state index contributed by atoms with van der Waals surface area (Å²) in [5, 5.41) is 0. The summed E-state index contributed by atoms with van der Waals surface area (Å²) in [6, 6.07) is 13.9. The molecule has 1 amide bonds. The second-order valence-electron chi connectivity index (χ2n) is 6.31. The summed E-state index contributed by atoms with van der Waals surface area (Å²) < 4.78 is 0.931. The van der Waals surface area contributed by atoms with E-state index >= 15 is 0 Å². The molecule has 0 radical (unpaired) electrons. The summed E-state index contributed by atoms with van der Waals surface area (Å²) in [5.41, 5.74) is 3.95. The Bertz CT molecular complexity index is 928. The highest BCUT2D eigenvalue weighted by molar-refractivity contribution is 9.10. The van der Waals surface area contributed by atoms with Gasteiger partial charge in [-0.2, -0.15) is 0 Å². The number of nitrogens with one attached hydrogen (secondary N) is 1. The van der Waals surface area contributed by atoms with Gasteiger partial charge in [-0.25, -0.2) is 4.98 Å². The van der Waals surface area contributed by atoms with Gasteiger partial charge < -0.3 is 14.8 Å². The number of hydrogen-bond acceptors (Lipinski definition) is 3. The van der Waals surface area contributed by atoms with E-state index in [2.05, 4.69) is 42.9 Å². The zero-order valence-corrected chi connectivity index (χ0v) is 15.6. The normalized spacial score (nSPS) is 15.0. The van der Waals surface area contributed by atoms with Crippen LogP contribution in [0.4, 0.5) is 5.69 Å². The number of aryl methyl sites for hydroxylation is 1.